The predicted octanol–water partition coefficient (Wildman–Crippen LogP) is 2.62. The van der Waals surface area contributed by atoms with Crippen molar-refractivity contribution < 1.29 is 0 Å². The van der Waals surface area contributed by atoms with E-state index in [1.165, 1.54) is 11.1 Å². The minimum absolute atomic E-state index is 0.325. The van der Waals surface area contributed by atoms with Gasteiger partial charge in [-0.05, 0) is 30.9 Å². The van der Waals surface area contributed by atoms with Crippen molar-refractivity contribution in [3.63, 3.8) is 0 Å². The first-order chi connectivity index (χ1) is 6.81. The van der Waals surface area contributed by atoms with E-state index in [1.54, 1.807) is 0 Å². The number of hydrogen-bond donors (Lipinski definition) is 1. The molecule has 2 N–H and O–H groups in total. The van der Waals surface area contributed by atoms with Crippen molar-refractivity contribution in [1.82, 2.24) is 0 Å². The lowest BCUT2D eigenvalue weighted by Gasteiger charge is -2.27. The predicted molar refractivity (Wildman–Crippen MR) is 60.3 cm³/mol. The average Bonchev–Trinajstić information content (AvgIpc) is 2.18. The van der Waals surface area contributed by atoms with Gasteiger partial charge in [0, 0.05) is 12.0 Å². The lowest BCUT2D eigenvalue weighted by molar-refractivity contribution is 0.539. The van der Waals surface area contributed by atoms with Crippen LogP contribution in [0.4, 0.5) is 0 Å². The largest absolute Gasteiger partial charge is 0.327 e. The highest BCUT2D eigenvalue weighted by molar-refractivity contribution is 5.36. The van der Waals surface area contributed by atoms with Gasteiger partial charge in [-0.15, -0.1) is 0 Å². The van der Waals surface area contributed by atoms with Crippen LogP contribution in [0.5, 0.6) is 0 Å². The van der Waals surface area contributed by atoms with Crippen LogP contribution in [0.15, 0.2) is 36.4 Å². The molecule has 1 aromatic rings. The van der Waals surface area contributed by atoms with Crippen molar-refractivity contribution in [3.05, 3.63) is 47.5 Å². The first-order valence-electron chi connectivity index (χ1n) is 5.27. The standard InChI is InChI=1S/C13H17N/c1-2-5-10-8-12(14)9-11-6-3-4-7-13(10)11/h2-7,10,12H,8-9,14H2,1H3. The molecule has 0 amide bonds. The number of hydrogen-bond acceptors (Lipinski definition) is 1. The van der Waals surface area contributed by atoms with Gasteiger partial charge < -0.3 is 5.73 Å². The fourth-order valence-electron chi connectivity index (χ4n) is 2.32. The maximum atomic E-state index is 6.04. The van der Waals surface area contributed by atoms with Crippen LogP contribution in [-0.4, -0.2) is 6.04 Å². The minimum Gasteiger partial charge on any atom is -0.327 e. The van der Waals surface area contributed by atoms with Crippen molar-refractivity contribution in [1.29, 1.82) is 0 Å². The lowest BCUT2D eigenvalue weighted by atomic mass is 9.80. The Bertz CT molecular complexity index is 341. The van der Waals surface area contributed by atoms with Crippen LogP contribution >= 0.6 is 0 Å². The van der Waals surface area contributed by atoms with Crippen LogP contribution in [0, 0.1) is 0 Å². The average molecular weight is 187 g/mol. The molecule has 74 valence electrons. The summed E-state index contributed by atoms with van der Waals surface area (Å²) in [6.45, 7) is 2.07. The number of nitrogens with two attached hydrogens (primary N) is 1. The third kappa shape index (κ3) is 1.73. The molecular formula is C13H17N. The molecule has 2 atom stereocenters. The Kier molecular flexibility index (Phi) is 2.69. The van der Waals surface area contributed by atoms with E-state index in [0.29, 0.717) is 12.0 Å². The van der Waals surface area contributed by atoms with Gasteiger partial charge in [0.1, 0.15) is 0 Å². The molecule has 1 aliphatic carbocycles. The van der Waals surface area contributed by atoms with Gasteiger partial charge in [-0.3, -0.25) is 0 Å². The maximum absolute atomic E-state index is 6.04. The van der Waals surface area contributed by atoms with E-state index < -0.39 is 0 Å². The molecule has 0 radical (unpaired) electrons. The molecule has 1 aromatic carbocycles. The smallest absolute Gasteiger partial charge is 0.00882 e. The van der Waals surface area contributed by atoms with Crippen molar-refractivity contribution in [2.75, 3.05) is 0 Å². The van der Waals surface area contributed by atoms with Gasteiger partial charge >= 0.3 is 0 Å². The van der Waals surface area contributed by atoms with Gasteiger partial charge in [0.15, 0.2) is 0 Å². The van der Waals surface area contributed by atoms with E-state index in [1.807, 2.05) is 0 Å². The van der Waals surface area contributed by atoms with Crippen LogP contribution in [0.1, 0.15) is 30.4 Å². The van der Waals surface area contributed by atoms with Gasteiger partial charge in [-0.2, -0.15) is 0 Å². The number of fused-ring (bicyclic) bond motifs is 1. The van der Waals surface area contributed by atoms with Crippen molar-refractivity contribution in [2.45, 2.75) is 31.7 Å². The highest BCUT2D eigenvalue weighted by Gasteiger charge is 2.21. The fraction of sp³-hybridized carbons (Fsp3) is 0.385. The van der Waals surface area contributed by atoms with E-state index in [9.17, 15) is 0 Å². The van der Waals surface area contributed by atoms with Gasteiger partial charge in [0.05, 0.1) is 0 Å². The highest BCUT2D eigenvalue weighted by Crippen LogP contribution is 2.31. The minimum atomic E-state index is 0.325. The second kappa shape index (κ2) is 3.97. The molecule has 1 aliphatic rings. The van der Waals surface area contributed by atoms with Gasteiger partial charge in [-0.1, -0.05) is 36.4 Å². The monoisotopic (exact) mass is 187 g/mol. The van der Waals surface area contributed by atoms with Crippen LogP contribution in [-0.2, 0) is 6.42 Å². The Morgan fingerprint density at radius 3 is 2.93 bits per heavy atom. The Hall–Kier alpha value is -1.08. The van der Waals surface area contributed by atoms with Crippen LogP contribution in [0.2, 0.25) is 0 Å². The summed E-state index contributed by atoms with van der Waals surface area (Å²) >= 11 is 0. The molecule has 0 saturated carbocycles. The zero-order chi connectivity index (χ0) is 9.97. The van der Waals surface area contributed by atoms with Gasteiger partial charge in [-0.25, -0.2) is 0 Å². The summed E-state index contributed by atoms with van der Waals surface area (Å²) < 4.78 is 0. The number of benzene rings is 1. The SMILES string of the molecule is CC=CC1CC(N)Cc2ccccc21. The van der Waals surface area contributed by atoms with Gasteiger partial charge in [0.25, 0.3) is 0 Å². The summed E-state index contributed by atoms with van der Waals surface area (Å²) in [6.07, 6.45) is 6.50. The fourth-order valence-corrected chi connectivity index (χ4v) is 2.32. The summed E-state index contributed by atoms with van der Waals surface area (Å²) in [5.41, 5.74) is 8.93. The molecule has 1 heteroatoms. The molecular weight excluding hydrogens is 170 g/mol. The molecule has 0 aliphatic heterocycles. The lowest BCUT2D eigenvalue weighted by Crippen LogP contribution is -2.29. The van der Waals surface area contributed by atoms with E-state index >= 15 is 0 Å². The first-order valence-corrected chi connectivity index (χ1v) is 5.27. The van der Waals surface area contributed by atoms with Crippen molar-refractivity contribution in [2.24, 2.45) is 5.73 Å². The Labute approximate surface area is 85.6 Å². The molecule has 2 unspecified atom stereocenters. The van der Waals surface area contributed by atoms with Crippen LogP contribution in [0.25, 0.3) is 0 Å². The Morgan fingerprint density at radius 2 is 2.14 bits per heavy atom. The quantitative estimate of drug-likeness (QED) is 0.672. The second-order valence-electron chi connectivity index (χ2n) is 4.03. The third-order valence-electron chi connectivity index (χ3n) is 2.92. The topological polar surface area (TPSA) is 26.0 Å². The Balaban J connectivity index is 2.38. The summed E-state index contributed by atoms with van der Waals surface area (Å²) in [4.78, 5) is 0. The Morgan fingerprint density at radius 1 is 1.36 bits per heavy atom. The molecule has 2 rings (SSSR count). The molecule has 0 heterocycles. The van der Waals surface area contributed by atoms with Gasteiger partial charge in [0.2, 0.25) is 0 Å². The van der Waals surface area contributed by atoms with E-state index in [4.69, 9.17) is 5.73 Å². The zero-order valence-corrected chi connectivity index (χ0v) is 8.61. The molecule has 1 nitrogen and oxygen atoms in total. The molecule has 0 spiro atoms. The summed E-state index contributed by atoms with van der Waals surface area (Å²) in [7, 11) is 0. The zero-order valence-electron chi connectivity index (χ0n) is 8.61. The molecule has 0 bridgehead atoms. The highest BCUT2D eigenvalue weighted by atomic mass is 14.6. The summed E-state index contributed by atoms with van der Waals surface area (Å²) in [6, 6.07) is 8.97. The first kappa shape index (κ1) is 9.47. The van der Waals surface area contributed by atoms with E-state index in [-0.39, 0.29) is 0 Å². The van der Waals surface area contributed by atoms with E-state index in [0.717, 1.165) is 12.8 Å². The molecule has 0 aromatic heterocycles. The number of rotatable bonds is 1. The van der Waals surface area contributed by atoms with Crippen LogP contribution in [0.3, 0.4) is 0 Å². The summed E-state index contributed by atoms with van der Waals surface area (Å²) in [5, 5.41) is 0. The number of allylic oxidation sites excluding steroid dienone is 2. The van der Waals surface area contributed by atoms with Crippen LogP contribution < -0.4 is 5.73 Å². The summed E-state index contributed by atoms with van der Waals surface area (Å²) in [5.74, 6) is 0.528. The normalized spacial score (nSPS) is 26.4. The van der Waals surface area contributed by atoms with Crippen molar-refractivity contribution in [3.8, 4) is 0 Å². The second-order valence-corrected chi connectivity index (χ2v) is 4.03. The third-order valence-corrected chi connectivity index (χ3v) is 2.92. The van der Waals surface area contributed by atoms with E-state index in [2.05, 4.69) is 43.3 Å². The van der Waals surface area contributed by atoms with Crippen molar-refractivity contribution >= 4 is 0 Å². The molecule has 14 heavy (non-hydrogen) atoms. The maximum Gasteiger partial charge on any atom is 0.00882 e. The molecule has 0 fully saturated rings. The molecule has 0 saturated heterocycles.